The van der Waals surface area contributed by atoms with E-state index in [4.69, 9.17) is 39.3 Å². The van der Waals surface area contributed by atoms with Gasteiger partial charge in [0.2, 0.25) is 23.6 Å². The van der Waals surface area contributed by atoms with E-state index in [1.54, 1.807) is 17.4 Å². The van der Waals surface area contributed by atoms with Gasteiger partial charge in [-0.15, -0.1) is 11.3 Å². The Kier molecular flexibility index (Phi) is 24.5. The number of benzene rings is 3. The molecule has 2 aliphatic rings. The van der Waals surface area contributed by atoms with Gasteiger partial charge in [-0.2, -0.15) is 5.10 Å². The molecule has 0 spiro atoms. The molecule has 0 radical (unpaired) electrons. The molecule has 6 aromatic rings. The summed E-state index contributed by atoms with van der Waals surface area (Å²) in [7, 11) is 0. The minimum atomic E-state index is -0.965. The highest BCUT2D eigenvalue weighted by molar-refractivity contribution is 7.13. The average Bonchev–Trinajstić information content (AvgIpc) is 2.17. The summed E-state index contributed by atoms with van der Waals surface area (Å²) in [4.78, 5) is 71.1. The van der Waals surface area contributed by atoms with Crippen LogP contribution in [0.4, 0.5) is 11.5 Å². The number of thiazole rings is 1. The Morgan fingerprint density at radius 3 is 2.15 bits per heavy atom. The highest BCUT2D eigenvalue weighted by atomic mass is 32.1. The number of anilines is 2. The zero-order valence-electron chi connectivity index (χ0n) is 49.9. The zero-order valence-corrected chi connectivity index (χ0v) is 50.7. The van der Waals surface area contributed by atoms with Gasteiger partial charge in [0, 0.05) is 44.8 Å². The van der Waals surface area contributed by atoms with Crippen LogP contribution in [0.2, 0.25) is 0 Å². The van der Waals surface area contributed by atoms with Crippen molar-refractivity contribution >= 4 is 57.5 Å². The Morgan fingerprint density at radius 1 is 0.826 bits per heavy atom. The van der Waals surface area contributed by atoms with Gasteiger partial charge in [-0.1, -0.05) is 82.7 Å². The molecule has 0 aliphatic carbocycles. The second-order valence-corrected chi connectivity index (χ2v) is 23.4. The number of nitrogens with one attached hydrogen (secondary N) is 3. The molecule has 0 saturated carbocycles. The fourth-order valence-corrected chi connectivity index (χ4v) is 11.2. The molecule has 2 saturated heterocycles. The van der Waals surface area contributed by atoms with Gasteiger partial charge in [-0.3, -0.25) is 19.2 Å². The fourth-order valence-electron chi connectivity index (χ4n) is 10.4. The number of aryl methyl sites for hydroxylation is 1. The van der Waals surface area contributed by atoms with Crippen LogP contribution in [0.5, 0.6) is 11.5 Å². The number of unbranched alkanes of at least 4 members (excludes halogenated alkanes) is 3. The van der Waals surface area contributed by atoms with Gasteiger partial charge in [0.15, 0.2) is 11.4 Å². The topological polar surface area (TPSA) is 269 Å². The molecule has 3 atom stereocenters. The molecule has 8 rings (SSSR count). The molecule has 462 valence electrons. The van der Waals surface area contributed by atoms with E-state index in [0.29, 0.717) is 86.0 Å². The van der Waals surface area contributed by atoms with E-state index in [1.165, 1.54) is 17.3 Å². The second kappa shape index (κ2) is 32.5. The predicted octanol–water partition coefficient (Wildman–Crippen LogP) is 7.51. The van der Waals surface area contributed by atoms with Crippen molar-refractivity contribution in [3.05, 3.63) is 109 Å². The molecule has 23 heteroatoms. The van der Waals surface area contributed by atoms with Gasteiger partial charge in [0.25, 0.3) is 0 Å². The van der Waals surface area contributed by atoms with Crippen molar-refractivity contribution in [3.63, 3.8) is 0 Å². The molecule has 3 aromatic carbocycles. The first kappa shape index (κ1) is 64.8. The predicted molar refractivity (Wildman–Crippen MR) is 329 cm³/mol. The third kappa shape index (κ3) is 18.6. The Morgan fingerprint density at radius 2 is 1.49 bits per heavy atom. The Bertz CT molecular complexity index is 3150. The number of ether oxygens (including phenoxy) is 6. The monoisotopic (exact) mass is 1200 g/mol. The minimum Gasteiger partial charge on any atom is -0.455 e. The number of likely N-dealkylation sites (tertiary alicyclic amines) is 2. The van der Waals surface area contributed by atoms with E-state index in [9.17, 15) is 24.3 Å². The van der Waals surface area contributed by atoms with Gasteiger partial charge >= 0.3 is 0 Å². The van der Waals surface area contributed by atoms with Gasteiger partial charge in [0.05, 0.1) is 92.2 Å². The number of piperidine rings is 1. The van der Waals surface area contributed by atoms with Gasteiger partial charge in [-0.05, 0) is 92.1 Å². The number of nitrogen functional groups attached to an aromatic ring is 1. The van der Waals surface area contributed by atoms with Gasteiger partial charge < -0.3 is 65.0 Å². The van der Waals surface area contributed by atoms with Gasteiger partial charge in [0.1, 0.15) is 42.3 Å². The summed E-state index contributed by atoms with van der Waals surface area (Å²) in [5.41, 5.74) is 13.0. The number of nitrogens with zero attached hydrogens (tertiary/aromatic N) is 7. The standard InChI is InChI=1S/C63H83N11O11S/c1-6-53(76)69-50-36-46(20-21-52(50)85-49-14-10-9-11-15-49)56-55-59(64)66-41-67-60(55)74(71-56)47-22-25-72(26-23-47)24-12-7-8-13-27-80-28-29-81-30-31-82-32-33-83-34-35-84-40-54(77)70-58(63(3,4)5)62(79)73-39-48(75)37-51(73)61(78)65-38-44-16-18-45(19-17-44)57-43(2)68-42-86-57/h6,9-11,14-21,36,41-42,47-48,51,58,75H,1,7-8,12-13,22-35,37-40H2,2-5H3,(H,65,78)(H,69,76)(H,70,77)(H2,64,66,67)/t48-,51+,58-/m1/s1. The number of carbonyl (C=O) groups excluding carboxylic acids is 4. The van der Waals surface area contributed by atoms with E-state index in [0.717, 1.165) is 85.4 Å². The zero-order chi connectivity index (χ0) is 60.8. The molecule has 2 fully saturated rings. The van der Waals surface area contributed by atoms with Gasteiger partial charge in [-0.25, -0.2) is 19.6 Å². The average molecular weight is 1200 g/mol. The van der Waals surface area contributed by atoms with Crippen LogP contribution in [0.25, 0.3) is 32.7 Å². The van der Waals surface area contributed by atoms with Crippen LogP contribution in [0, 0.1) is 12.3 Å². The third-order valence-corrected chi connectivity index (χ3v) is 16.0. The number of hydrogen-bond donors (Lipinski definition) is 5. The quantitative estimate of drug-likeness (QED) is 0.0197. The largest absolute Gasteiger partial charge is 0.455 e. The van der Waals surface area contributed by atoms with Crippen LogP contribution >= 0.6 is 11.3 Å². The summed E-state index contributed by atoms with van der Waals surface area (Å²) in [6.07, 6.45) is 8.09. The number of nitrogens with two attached hydrogens (primary N) is 1. The summed E-state index contributed by atoms with van der Waals surface area (Å²) >= 11 is 1.57. The number of para-hydroxylation sites is 1. The first-order valence-corrected chi connectivity index (χ1v) is 30.5. The third-order valence-electron chi connectivity index (χ3n) is 15.0. The lowest BCUT2D eigenvalue weighted by Crippen LogP contribution is -2.58. The van der Waals surface area contributed by atoms with Crippen LogP contribution in [-0.4, -0.2) is 174 Å². The highest BCUT2D eigenvalue weighted by Crippen LogP contribution is 2.39. The number of rotatable bonds is 33. The Balaban J connectivity index is 0.622. The summed E-state index contributed by atoms with van der Waals surface area (Å²) in [5, 5.41) is 24.9. The van der Waals surface area contributed by atoms with Crippen LogP contribution in [-0.2, 0) is 49.4 Å². The smallest absolute Gasteiger partial charge is 0.247 e. The fraction of sp³-hybridized carbons (Fsp3) is 0.492. The molecular formula is C63H83N11O11S. The summed E-state index contributed by atoms with van der Waals surface area (Å²) in [6, 6.07) is 21.0. The van der Waals surface area contributed by atoms with E-state index in [2.05, 4.69) is 42.4 Å². The van der Waals surface area contributed by atoms with Crippen LogP contribution < -0.4 is 26.4 Å². The number of fused-ring (bicyclic) bond motifs is 1. The number of aliphatic hydroxyl groups is 1. The van der Waals surface area contributed by atoms with Crippen molar-refractivity contribution in [1.82, 2.24) is 45.2 Å². The number of hydrogen-bond acceptors (Lipinski definition) is 18. The molecule has 4 amide bonds. The van der Waals surface area contributed by atoms with E-state index in [1.807, 2.05) is 105 Å². The first-order chi connectivity index (χ1) is 41.7. The molecule has 3 aromatic heterocycles. The van der Waals surface area contributed by atoms with Crippen molar-refractivity contribution in [2.24, 2.45) is 5.41 Å². The van der Waals surface area contributed by atoms with Crippen LogP contribution in [0.3, 0.4) is 0 Å². The lowest BCUT2D eigenvalue weighted by atomic mass is 9.85. The summed E-state index contributed by atoms with van der Waals surface area (Å²) in [6.45, 7) is 17.7. The minimum absolute atomic E-state index is 0.0167. The molecule has 6 N–H and O–H groups in total. The van der Waals surface area contributed by atoms with Crippen molar-refractivity contribution < 1.29 is 52.7 Å². The molecule has 0 bridgehead atoms. The molecule has 2 aliphatic heterocycles. The number of aliphatic hydroxyl groups excluding tert-OH is 1. The highest BCUT2D eigenvalue weighted by Gasteiger charge is 2.44. The molecular weight excluding hydrogens is 1120 g/mol. The SMILES string of the molecule is C=CC(=O)Nc1cc(-c2nn(C3CCN(CCCCCCOCCOCCOCCOCCOCC(=O)N[C@H](C(=O)N4C[C@H](O)C[C@H]4C(=O)NCc4ccc(-c5scnc5C)cc4)C(C)(C)C)CC3)c3ncnc(N)c23)ccc1Oc1ccccc1. The summed E-state index contributed by atoms with van der Waals surface area (Å²) in [5.74, 6) is -0.218. The molecule has 5 heterocycles. The van der Waals surface area contributed by atoms with Crippen molar-refractivity contribution in [2.75, 3.05) is 103 Å². The maximum Gasteiger partial charge on any atom is 0.247 e. The lowest BCUT2D eigenvalue weighted by Gasteiger charge is -2.35. The molecule has 86 heavy (non-hydrogen) atoms. The maximum atomic E-state index is 14.0. The first-order valence-electron chi connectivity index (χ1n) is 29.6. The molecule has 22 nitrogen and oxygen atoms in total. The van der Waals surface area contributed by atoms with Crippen LogP contribution in [0.1, 0.15) is 83.0 Å². The number of carbonyl (C=O) groups is 4. The second-order valence-electron chi connectivity index (χ2n) is 22.5. The summed E-state index contributed by atoms with van der Waals surface area (Å²) < 4.78 is 36.3. The van der Waals surface area contributed by atoms with Crippen molar-refractivity contribution in [3.8, 4) is 33.2 Å². The lowest BCUT2D eigenvalue weighted by molar-refractivity contribution is -0.144. The number of aromatic nitrogens is 5. The number of amides is 4. The Hall–Kier alpha value is -7.22. The molecule has 0 unspecified atom stereocenters. The number of β-amino-alcohol motifs (C(OH)–C–C–N with tert-alkyl or cyclic N) is 1. The van der Waals surface area contributed by atoms with Crippen LogP contribution in [0.15, 0.2) is 97.3 Å². The Labute approximate surface area is 507 Å². The van der Waals surface area contributed by atoms with E-state index < -0.39 is 35.4 Å². The van der Waals surface area contributed by atoms with E-state index in [-0.39, 0.29) is 57.2 Å². The normalized spacial score (nSPS) is 16.1. The van der Waals surface area contributed by atoms with Crippen molar-refractivity contribution in [1.29, 1.82) is 0 Å². The van der Waals surface area contributed by atoms with Crippen molar-refractivity contribution in [2.45, 2.75) is 103 Å². The maximum absolute atomic E-state index is 14.0. The van der Waals surface area contributed by atoms with E-state index >= 15 is 0 Å².